The van der Waals surface area contributed by atoms with Gasteiger partial charge in [0, 0.05) is 22.5 Å². The smallest absolute Gasteiger partial charge is 0.123 e. The zero-order valence-electron chi connectivity index (χ0n) is 8.56. The summed E-state index contributed by atoms with van der Waals surface area (Å²) in [6, 6.07) is 10.0. The van der Waals surface area contributed by atoms with Crippen molar-refractivity contribution in [2.24, 2.45) is 0 Å². The molecule has 0 radical (unpaired) electrons. The molecule has 0 aliphatic carbocycles. The van der Waals surface area contributed by atoms with Crippen molar-refractivity contribution >= 4 is 17.4 Å². The van der Waals surface area contributed by atoms with Gasteiger partial charge in [0.15, 0.2) is 0 Å². The lowest BCUT2D eigenvalue weighted by molar-refractivity contribution is 0.626. The molecule has 0 spiro atoms. The molecule has 0 aliphatic rings. The summed E-state index contributed by atoms with van der Waals surface area (Å²) in [5.74, 6) is 0.517. The van der Waals surface area contributed by atoms with Gasteiger partial charge in [-0.3, -0.25) is 4.98 Å². The van der Waals surface area contributed by atoms with Gasteiger partial charge in [0.2, 0.25) is 0 Å². The maximum atomic E-state index is 12.7. The van der Waals surface area contributed by atoms with Crippen molar-refractivity contribution in [2.75, 3.05) is 5.73 Å². The summed E-state index contributed by atoms with van der Waals surface area (Å²) < 4.78 is 12.7. The largest absolute Gasteiger partial charge is 0.399 e. The molecule has 4 heteroatoms. The van der Waals surface area contributed by atoms with Crippen LogP contribution in [-0.4, -0.2) is 4.98 Å². The van der Waals surface area contributed by atoms with E-state index in [1.807, 2.05) is 6.07 Å². The summed E-state index contributed by atoms with van der Waals surface area (Å²) >= 11 is 1.61. The van der Waals surface area contributed by atoms with Gasteiger partial charge in [-0.2, -0.15) is 0 Å². The Labute approximate surface area is 97.7 Å². The fourth-order valence-corrected chi connectivity index (χ4v) is 2.06. The van der Waals surface area contributed by atoms with Crippen molar-refractivity contribution in [2.45, 2.75) is 10.6 Å². The van der Waals surface area contributed by atoms with E-state index in [2.05, 4.69) is 4.98 Å². The predicted molar refractivity (Wildman–Crippen MR) is 64.6 cm³/mol. The molecule has 0 fully saturated rings. The number of anilines is 1. The summed E-state index contributed by atoms with van der Waals surface area (Å²) in [5, 5.41) is 0. The molecule has 1 aromatic carbocycles. The number of hydrogen-bond acceptors (Lipinski definition) is 3. The van der Waals surface area contributed by atoms with Crippen LogP contribution in [0.25, 0.3) is 0 Å². The zero-order chi connectivity index (χ0) is 11.4. The minimum Gasteiger partial charge on any atom is -0.399 e. The van der Waals surface area contributed by atoms with Crippen molar-refractivity contribution < 1.29 is 4.39 Å². The van der Waals surface area contributed by atoms with E-state index in [-0.39, 0.29) is 5.82 Å². The number of hydrogen-bond donors (Lipinski definition) is 1. The molecule has 2 rings (SSSR count). The number of halogens is 1. The molecule has 0 atom stereocenters. The Hall–Kier alpha value is -1.55. The van der Waals surface area contributed by atoms with E-state index < -0.39 is 0 Å². The number of nitrogens with two attached hydrogens (primary N) is 1. The number of nitrogen functional groups attached to an aromatic ring is 1. The lowest BCUT2D eigenvalue weighted by Gasteiger charge is -2.02. The van der Waals surface area contributed by atoms with Crippen LogP contribution >= 0.6 is 11.8 Å². The summed E-state index contributed by atoms with van der Waals surface area (Å²) in [5.41, 5.74) is 7.29. The van der Waals surface area contributed by atoms with Gasteiger partial charge in [-0.05, 0) is 36.4 Å². The quantitative estimate of drug-likeness (QED) is 0.829. The number of rotatable bonds is 3. The van der Waals surface area contributed by atoms with E-state index in [1.54, 1.807) is 36.2 Å². The van der Waals surface area contributed by atoms with Gasteiger partial charge in [-0.25, -0.2) is 4.39 Å². The lowest BCUT2D eigenvalue weighted by Crippen LogP contribution is -1.90. The number of nitrogens with zero attached hydrogens (tertiary/aromatic N) is 1. The summed E-state index contributed by atoms with van der Waals surface area (Å²) in [6.45, 7) is 0. The number of aromatic nitrogens is 1. The molecule has 0 saturated carbocycles. The molecule has 0 aliphatic heterocycles. The van der Waals surface area contributed by atoms with Crippen LogP contribution < -0.4 is 5.73 Å². The molecule has 0 amide bonds. The van der Waals surface area contributed by atoms with E-state index in [0.717, 1.165) is 16.3 Å². The maximum absolute atomic E-state index is 12.7. The third-order valence-electron chi connectivity index (χ3n) is 2.04. The van der Waals surface area contributed by atoms with Crippen LogP contribution in [0.1, 0.15) is 5.69 Å². The second-order valence-corrected chi connectivity index (χ2v) is 4.37. The Morgan fingerprint density at radius 3 is 2.62 bits per heavy atom. The van der Waals surface area contributed by atoms with Crippen LogP contribution in [0.4, 0.5) is 10.1 Å². The summed E-state index contributed by atoms with van der Waals surface area (Å²) in [7, 11) is 0. The van der Waals surface area contributed by atoms with Crippen molar-refractivity contribution in [3.63, 3.8) is 0 Å². The first-order chi connectivity index (χ1) is 7.74. The van der Waals surface area contributed by atoms with Crippen molar-refractivity contribution in [3.8, 4) is 0 Å². The highest BCUT2D eigenvalue weighted by atomic mass is 32.2. The molecule has 1 aromatic heterocycles. The Morgan fingerprint density at radius 1 is 1.19 bits per heavy atom. The first-order valence-corrected chi connectivity index (χ1v) is 5.81. The van der Waals surface area contributed by atoms with Gasteiger partial charge >= 0.3 is 0 Å². The van der Waals surface area contributed by atoms with Crippen molar-refractivity contribution in [1.82, 2.24) is 4.98 Å². The normalized spacial score (nSPS) is 10.3. The van der Waals surface area contributed by atoms with Gasteiger partial charge in [-0.1, -0.05) is 0 Å². The molecule has 1 heterocycles. The van der Waals surface area contributed by atoms with E-state index >= 15 is 0 Å². The average Bonchev–Trinajstić information content (AvgIpc) is 2.28. The Bertz CT molecular complexity index is 471. The first kappa shape index (κ1) is 11.0. The van der Waals surface area contributed by atoms with Gasteiger partial charge < -0.3 is 5.73 Å². The van der Waals surface area contributed by atoms with Gasteiger partial charge in [0.1, 0.15) is 5.82 Å². The second-order valence-electron chi connectivity index (χ2n) is 3.32. The maximum Gasteiger partial charge on any atom is 0.123 e. The molecule has 0 unspecified atom stereocenters. The third kappa shape index (κ3) is 2.97. The van der Waals surface area contributed by atoms with Crippen LogP contribution in [-0.2, 0) is 5.75 Å². The summed E-state index contributed by atoms with van der Waals surface area (Å²) in [4.78, 5) is 5.22. The third-order valence-corrected chi connectivity index (χ3v) is 3.09. The average molecular weight is 234 g/mol. The number of thioether (sulfide) groups is 1. The minimum absolute atomic E-state index is 0.216. The topological polar surface area (TPSA) is 38.9 Å². The molecular weight excluding hydrogens is 223 g/mol. The molecule has 2 N–H and O–H groups in total. The molecule has 2 nitrogen and oxygen atoms in total. The summed E-state index contributed by atoms with van der Waals surface area (Å²) in [6.07, 6.45) is 1.69. The first-order valence-electron chi connectivity index (χ1n) is 4.83. The Kier molecular flexibility index (Phi) is 3.41. The zero-order valence-corrected chi connectivity index (χ0v) is 9.38. The van der Waals surface area contributed by atoms with Crippen molar-refractivity contribution in [1.29, 1.82) is 0 Å². The molecule has 0 bridgehead atoms. The lowest BCUT2D eigenvalue weighted by atomic mass is 10.3. The van der Waals surface area contributed by atoms with Crippen LogP contribution in [0.2, 0.25) is 0 Å². The van der Waals surface area contributed by atoms with E-state index in [9.17, 15) is 4.39 Å². The van der Waals surface area contributed by atoms with E-state index in [0.29, 0.717) is 5.69 Å². The minimum atomic E-state index is -0.216. The SMILES string of the molecule is Nc1ccnc(CSc2ccc(F)cc2)c1. The Morgan fingerprint density at radius 2 is 1.94 bits per heavy atom. The molecule has 82 valence electrons. The van der Waals surface area contributed by atoms with Crippen LogP contribution in [0, 0.1) is 5.82 Å². The van der Waals surface area contributed by atoms with Crippen LogP contribution in [0.5, 0.6) is 0 Å². The highest BCUT2D eigenvalue weighted by Crippen LogP contribution is 2.22. The van der Waals surface area contributed by atoms with Gasteiger partial charge in [0.25, 0.3) is 0 Å². The van der Waals surface area contributed by atoms with E-state index in [1.165, 1.54) is 12.1 Å². The fourth-order valence-electron chi connectivity index (χ4n) is 1.26. The number of benzene rings is 1. The molecule has 2 aromatic rings. The molecule has 0 saturated heterocycles. The monoisotopic (exact) mass is 234 g/mol. The molecular formula is C12H11FN2S. The highest BCUT2D eigenvalue weighted by Gasteiger charge is 1.98. The van der Waals surface area contributed by atoms with Crippen LogP contribution in [0.15, 0.2) is 47.5 Å². The standard InChI is InChI=1S/C12H11FN2S/c13-9-1-3-12(4-2-9)16-8-11-7-10(14)5-6-15-11/h1-7H,8H2,(H2,14,15). The number of pyridine rings is 1. The second kappa shape index (κ2) is 4.99. The van der Waals surface area contributed by atoms with Crippen LogP contribution in [0.3, 0.4) is 0 Å². The molecule has 16 heavy (non-hydrogen) atoms. The van der Waals surface area contributed by atoms with Gasteiger partial charge in [-0.15, -0.1) is 11.8 Å². The van der Waals surface area contributed by atoms with Gasteiger partial charge in [0.05, 0.1) is 5.69 Å². The highest BCUT2D eigenvalue weighted by molar-refractivity contribution is 7.98. The van der Waals surface area contributed by atoms with Crippen molar-refractivity contribution in [3.05, 3.63) is 54.1 Å². The van der Waals surface area contributed by atoms with E-state index in [4.69, 9.17) is 5.73 Å². The fraction of sp³-hybridized carbons (Fsp3) is 0.0833. The Balaban J connectivity index is 1.99. The predicted octanol–water partition coefficient (Wildman–Crippen LogP) is 3.10.